The molecule has 0 spiro atoms. The lowest BCUT2D eigenvalue weighted by atomic mass is 9.82. The van der Waals surface area contributed by atoms with Crippen LogP contribution in [0.25, 0.3) is 0 Å². The molecule has 0 aromatic heterocycles. The molecule has 1 fully saturated rings. The zero-order valence-electron chi connectivity index (χ0n) is 6.23. The average Bonchev–Trinajstić information content (AvgIpc) is 1.88. The van der Waals surface area contributed by atoms with E-state index < -0.39 is 5.67 Å². The summed E-state index contributed by atoms with van der Waals surface area (Å²) in [5.41, 5.74) is -0.993. The molecule has 0 saturated heterocycles. The number of rotatable bonds is 0. The second-order valence-corrected chi connectivity index (χ2v) is 3.32. The lowest BCUT2D eigenvalue weighted by Gasteiger charge is -2.27. The summed E-state index contributed by atoms with van der Waals surface area (Å²) in [5.74, 6) is 0.115. The van der Waals surface area contributed by atoms with Gasteiger partial charge in [-0.05, 0) is 32.6 Å². The molecule has 1 nitrogen and oxygen atoms in total. The Kier molecular flexibility index (Phi) is 1.94. The van der Waals surface area contributed by atoms with E-state index in [1.807, 2.05) is 0 Å². The van der Waals surface area contributed by atoms with Gasteiger partial charge in [-0.3, -0.25) is 0 Å². The molecular formula is C8H12FN. The zero-order chi connectivity index (χ0) is 7.61. The van der Waals surface area contributed by atoms with E-state index in [0.717, 1.165) is 12.8 Å². The first-order valence-electron chi connectivity index (χ1n) is 3.72. The fraction of sp³-hybridized carbons (Fsp3) is 0.875. The van der Waals surface area contributed by atoms with E-state index in [1.54, 1.807) is 6.92 Å². The van der Waals surface area contributed by atoms with Crippen LogP contribution in [0.15, 0.2) is 0 Å². The number of hydrogen-bond donors (Lipinski definition) is 0. The van der Waals surface area contributed by atoms with Gasteiger partial charge in [-0.1, -0.05) is 0 Å². The Morgan fingerprint density at radius 1 is 1.50 bits per heavy atom. The topological polar surface area (TPSA) is 23.8 Å². The SMILES string of the molecule is CC1(F)CCC(C#N)CC1. The summed E-state index contributed by atoms with van der Waals surface area (Å²) in [6.07, 6.45) is 2.60. The molecule has 0 radical (unpaired) electrons. The summed E-state index contributed by atoms with van der Waals surface area (Å²) in [6.45, 7) is 1.63. The van der Waals surface area contributed by atoms with Crippen molar-refractivity contribution in [2.24, 2.45) is 5.92 Å². The van der Waals surface area contributed by atoms with Gasteiger partial charge in [0.25, 0.3) is 0 Å². The maximum Gasteiger partial charge on any atom is 0.108 e. The number of hydrogen-bond acceptors (Lipinski definition) is 1. The van der Waals surface area contributed by atoms with Gasteiger partial charge in [0.15, 0.2) is 0 Å². The largest absolute Gasteiger partial charge is 0.244 e. The highest BCUT2D eigenvalue weighted by Crippen LogP contribution is 2.33. The molecule has 0 atom stereocenters. The van der Waals surface area contributed by atoms with Gasteiger partial charge in [-0.25, -0.2) is 4.39 Å². The van der Waals surface area contributed by atoms with Crippen molar-refractivity contribution >= 4 is 0 Å². The van der Waals surface area contributed by atoms with Crippen molar-refractivity contribution < 1.29 is 4.39 Å². The van der Waals surface area contributed by atoms with Crippen LogP contribution >= 0.6 is 0 Å². The summed E-state index contributed by atoms with van der Waals surface area (Å²) in [4.78, 5) is 0. The first-order chi connectivity index (χ1) is 4.64. The van der Waals surface area contributed by atoms with Gasteiger partial charge >= 0.3 is 0 Å². The van der Waals surface area contributed by atoms with Gasteiger partial charge in [0.05, 0.1) is 6.07 Å². The molecule has 0 heterocycles. The summed E-state index contributed by atoms with van der Waals surface area (Å²) in [7, 11) is 0. The normalized spacial score (nSPS) is 40.7. The van der Waals surface area contributed by atoms with E-state index >= 15 is 0 Å². The highest BCUT2D eigenvalue weighted by atomic mass is 19.1. The van der Waals surface area contributed by atoms with Crippen LogP contribution in [0.1, 0.15) is 32.6 Å². The molecular weight excluding hydrogens is 129 g/mol. The molecule has 0 N–H and O–H groups in total. The monoisotopic (exact) mass is 141 g/mol. The molecule has 1 aliphatic carbocycles. The van der Waals surface area contributed by atoms with Crippen LogP contribution in [-0.2, 0) is 0 Å². The van der Waals surface area contributed by atoms with Gasteiger partial charge in [0.2, 0.25) is 0 Å². The highest BCUT2D eigenvalue weighted by Gasteiger charge is 2.30. The van der Waals surface area contributed by atoms with E-state index in [9.17, 15) is 4.39 Å². The predicted octanol–water partition coefficient (Wildman–Crippen LogP) is 2.43. The average molecular weight is 141 g/mol. The molecule has 0 amide bonds. The third-order valence-electron chi connectivity index (χ3n) is 2.21. The number of nitriles is 1. The molecule has 56 valence electrons. The third-order valence-corrected chi connectivity index (χ3v) is 2.21. The van der Waals surface area contributed by atoms with E-state index in [0.29, 0.717) is 12.8 Å². The van der Waals surface area contributed by atoms with Crippen LogP contribution < -0.4 is 0 Å². The summed E-state index contributed by atoms with van der Waals surface area (Å²) in [6, 6.07) is 2.17. The minimum Gasteiger partial charge on any atom is -0.244 e. The molecule has 2 heteroatoms. The Bertz CT molecular complexity index is 147. The van der Waals surface area contributed by atoms with Crippen molar-refractivity contribution in [1.82, 2.24) is 0 Å². The van der Waals surface area contributed by atoms with Gasteiger partial charge in [0.1, 0.15) is 5.67 Å². The second kappa shape index (κ2) is 2.57. The van der Waals surface area contributed by atoms with Gasteiger partial charge in [-0.2, -0.15) is 5.26 Å². The fourth-order valence-electron chi connectivity index (χ4n) is 1.35. The van der Waals surface area contributed by atoms with E-state index in [2.05, 4.69) is 6.07 Å². The lowest BCUT2D eigenvalue weighted by Crippen LogP contribution is -2.25. The van der Waals surface area contributed by atoms with Crippen molar-refractivity contribution in [3.63, 3.8) is 0 Å². The van der Waals surface area contributed by atoms with Crippen LogP contribution in [0.3, 0.4) is 0 Å². The Balaban J connectivity index is 2.40. The Labute approximate surface area is 60.8 Å². The molecule has 1 rings (SSSR count). The fourth-order valence-corrected chi connectivity index (χ4v) is 1.35. The predicted molar refractivity (Wildman–Crippen MR) is 37.1 cm³/mol. The van der Waals surface area contributed by atoms with Gasteiger partial charge < -0.3 is 0 Å². The zero-order valence-corrected chi connectivity index (χ0v) is 6.23. The first kappa shape index (κ1) is 7.53. The number of nitrogens with zero attached hydrogens (tertiary/aromatic N) is 1. The minimum atomic E-state index is -0.993. The van der Waals surface area contributed by atoms with Crippen LogP contribution in [0.5, 0.6) is 0 Å². The van der Waals surface area contributed by atoms with Crippen LogP contribution in [0.2, 0.25) is 0 Å². The van der Waals surface area contributed by atoms with Crippen molar-refractivity contribution in [1.29, 1.82) is 5.26 Å². The highest BCUT2D eigenvalue weighted by molar-refractivity contribution is 4.91. The molecule has 0 unspecified atom stereocenters. The number of alkyl halides is 1. The Morgan fingerprint density at radius 3 is 2.40 bits per heavy atom. The van der Waals surface area contributed by atoms with Crippen molar-refractivity contribution in [3.05, 3.63) is 0 Å². The third kappa shape index (κ3) is 1.70. The smallest absolute Gasteiger partial charge is 0.108 e. The van der Waals surface area contributed by atoms with Crippen molar-refractivity contribution in [3.8, 4) is 6.07 Å². The lowest BCUT2D eigenvalue weighted by molar-refractivity contribution is 0.116. The molecule has 0 aromatic carbocycles. The van der Waals surface area contributed by atoms with E-state index in [1.165, 1.54) is 0 Å². The van der Waals surface area contributed by atoms with Crippen LogP contribution in [0, 0.1) is 17.2 Å². The molecule has 0 bridgehead atoms. The molecule has 1 aliphatic rings. The Morgan fingerprint density at radius 2 is 2.00 bits per heavy atom. The summed E-state index contributed by atoms with van der Waals surface area (Å²) >= 11 is 0. The molecule has 0 aromatic rings. The summed E-state index contributed by atoms with van der Waals surface area (Å²) < 4.78 is 13.1. The van der Waals surface area contributed by atoms with Crippen molar-refractivity contribution in [2.75, 3.05) is 0 Å². The van der Waals surface area contributed by atoms with Crippen LogP contribution in [-0.4, -0.2) is 5.67 Å². The molecule has 0 aliphatic heterocycles. The van der Waals surface area contributed by atoms with Crippen molar-refractivity contribution in [2.45, 2.75) is 38.3 Å². The van der Waals surface area contributed by atoms with E-state index in [4.69, 9.17) is 5.26 Å². The molecule has 10 heavy (non-hydrogen) atoms. The Hall–Kier alpha value is -0.580. The summed E-state index contributed by atoms with van der Waals surface area (Å²) in [5, 5.41) is 8.49. The van der Waals surface area contributed by atoms with E-state index in [-0.39, 0.29) is 5.92 Å². The molecule has 1 saturated carbocycles. The standard InChI is InChI=1S/C8H12FN/c1-8(9)4-2-7(6-10)3-5-8/h7H,2-5H2,1H3. The first-order valence-corrected chi connectivity index (χ1v) is 3.72. The van der Waals surface area contributed by atoms with Gasteiger partial charge in [-0.15, -0.1) is 0 Å². The van der Waals surface area contributed by atoms with Gasteiger partial charge in [0, 0.05) is 5.92 Å². The number of halogens is 1. The minimum absolute atomic E-state index is 0.115. The maximum atomic E-state index is 13.1. The maximum absolute atomic E-state index is 13.1. The van der Waals surface area contributed by atoms with Crippen LogP contribution in [0.4, 0.5) is 4.39 Å². The quantitative estimate of drug-likeness (QED) is 0.508. The second-order valence-electron chi connectivity index (χ2n) is 3.32.